The largest absolute Gasteiger partial charge is 0.416 e. The summed E-state index contributed by atoms with van der Waals surface area (Å²) < 4.78 is 38.1. The Morgan fingerprint density at radius 2 is 1.63 bits per heavy atom. The van der Waals surface area contributed by atoms with Crippen molar-refractivity contribution >= 4 is 33.9 Å². The Labute approximate surface area is 169 Å². The summed E-state index contributed by atoms with van der Waals surface area (Å²) in [6.07, 6.45) is 0.549. The molecule has 2 heterocycles. The van der Waals surface area contributed by atoms with Crippen LogP contribution < -0.4 is 10.6 Å². The molecule has 0 aliphatic rings. The summed E-state index contributed by atoms with van der Waals surface area (Å²) in [4.78, 5) is 21.0. The molecule has 0 fully saturated rings. The van der Waals surface area contributed by atoms with Crippen molar-refractivity contribution in [1.82, 2.24) is 9.97 Å². The number of nitrogens with one attached hydrogen (secondary N) is 2. The van der Waals surface area contributed by atoms with Gasteiger partial charge in [0.2, 0.25) is 0 Å². The first-order valence-electron chi connectivity index (χ1n) is 8.94. The molecule has 0 aliphatic carbocycles. The van der Waals surface area contributed by atoms with E-state index in [1.165, 1.54) is 12.1 Å². The Kier molecular flexibility index (Phi) is 5.05. The van der Waals surface area contributed by atoms with Crippen molar-refractivity contribution in [3.8, 4) is 0 Å². The molecule has 0 saturated carbocycles. The summed E-state index contributed by atoms with van der Waals surface area (Å²) in [6.45, 7) is 0. The first kappa shape index (κ1) is 19.4. The second kappa shape index (κ2) is 7.82. The maximum Gasteiger partial charge on any atom is 0.416 e. The Hall–Kier alpha value is -3.94. The van der Waals surface area contributed by atoms with Gasteiger partial charge in [-0.15, -0.1) is 0 Å². The van der Waals surface area contributed by atoms with Crippen LogP contribution in [-0.4, -0.2) is 15.9 Å². The molecule has 1 amide bonds. The minimum Gasteiger partial charge on any atom is -0.340 e. The number of hydrogen-bond donors (Lipinski definition) is 2. The van der Waals surface area contributed by atoms with Gasteiger partial charge in [-0.05, 0) is 60.0 Å². The molecular weight excluding hydrogens is 393 g/mol. The molecule has 2 N–H and O–H groups in total. The molecule has 4 rings (SSSR count). The van der Waals surface area contributed by atoms with Crippen LogP contribution in [0.1, 0.15) is 15.9 Å². The fraction of sp³-hybridized carbons (Fsp3) is 0.0455. The smallest absolute Gasteiger partial charge is 0.340 e. The first-order chi connectivity index (χ1) is 14.4. The van der Waals surface area contributed by atoms with Gasteiger partial charge in [-0.2, -0.15) is 13.2 Å². The van der Waals surface area contributed by atoms with Gasteiger partial charge in [-0.3, -0.25) is 9.78 Å². The highest BCUT2D eigenvalue weighted by atomic mass is 19.4. The number of nitrogens with zero attached hydrogens (tertiary/aromatic N) is 2. The predicted octanol–water partition coefficient (Wildman–Crippen LogP) is 5.64. The van der Waals surface area contributed by atoms with Crippen LogP contribution in [0.25, 0.3) is 10.8 Å². The fourth-order valence-corrected chi connectivity index (χ4v) is 2.93. The summed E-state index contributed by atoms with van der Waals surface area (Å²) in [6, 6.07) is 15.0. The van der Waals surface area contributed by atoms with Crippen LogP contribution in [0.2, 0.25) is 0 Å². The highest BCUT2D eigenvalue weighted by Crippen LogP contribution is 2.30. The average molecular weight is 408 g/mol. The summed E-state index contributed by atoms with van der Waals surface area (Å²) in [5.41, 5.74) is 0.441. The van der Waals surface area contributed by atoms with E-state index in [0.29, 0.717) is 5.82 Å². The Morgan fingerprint density at radius 1 is 0.867 bits per heavy atom. The maximum atomic E-state index is 12.7. The molecule has 2 aromatic heterocycles. The van der Waals surface area contributed by atoms with Crippen molar-refractivity contribution in [3.05, 3.63) is 90.4 Å². The molecule has 0 saturated heterocycles. The van der Waals surface area contributed by atoms with E-state index < -0.39 is 17.6 Å². The molecule has 30 heavy (non-hydrogen) atoms. The van der Waals surface area contributed by atoms with Gasteiger partial charge in [0.05, 0.1) is 11.1 Å². The highest BCUT2D eigenvalue weighted by Gasteiger charge is 2.30. The number of pyridine rings is 2. The third-order valence-corrected chi connectivity index (χ3v) is 4.43. The fourth-order valence-electron chi connectivity index (χ4n) is 2.93. The van der Waals surface area contributed by atoms with Gasteiger partial charge in [-0.1, -0.05) is 6.07 Å². The molecule has 0 atom stereocenters. The number of amides is 1. The molecule has 4 aromatic rings. The standard InChI is InChI=1S/C22H15F3N4O/c23-22(24,25)16-4-7-17(8-5-16)29-21(30)19-2-1-10-27-20(19)28-18-6-3-14-9-11-26-13-15(14)12-18/h1-13H,(H,27,28)(H,29,30). The van der Waals surface area contributed by atoms with Crippen molar-refractivity contribution in [3.63, 3.8) is 0 Å². The lowest BCUT2D eigenvalue weighted by molar-refractivity contribution is -0.137. The molecule has 0 aliphatic heterocycles. The molecule has 0 radical (unpaired) electrons. The van der Waals surface area contributed by atoms with Crippen LogP contribution in [0.5, 0.6) is 0 Å². The van der Waals surface area contributed by atoms with Gasteiger partial charge >= 0.3 is 6.18 Å². The van der Waals surface area contributed by atoms with E-state index in [0.717, 1.165) is 28.6 Å². The van der Waals surface area contributed by atoms with Crippen molar-refractivity contribution in [2.24, 2.45) is 0 Å². The van der Waals surface area contributed by atoms with E-state index in [9.17, 15) is 18.0 Å². The summed E-state index contributed by atoms with van der Waals surface area (Å²) >= 11 is 0. The van der Waals surface area contributed by atoms with Gasteiger partial charge in [0.15, 0.2) is 0 Å². The van der Waals surface area contributed by atoms with E-state index in [1.54, 1.807) is 30.7 Å². The third-order valence-electron chi connectivity index (χ3n) is 4.43. The summed E-state index contributed by atoms with van der Waals surface area (Å²) in [5, 5.41) is 7.66. The Bertz CT molecular complexity index is 1210. The highest BCUT2D eigenvalue weighted by molar-refractivity contribution is 6.07. The van der Waals surface area contributed by atoms with Crippen LogP contribution in [0, 0.1) is 0 Å². The molecule has 0 spiro atoms. The Balaban J connectivity index is 1.55. The normalized spacial score (nSPS) is 11.3. The van der Waals surface area contributed by atoms with Crippen molar-refractivity contribution in [2.45, 2.75) is 6.18 Å². The Morgan fingerprint density at radius 3 is 2.40 bits per heavy atom. The number of aromatic nitrogens is 2. The van der Waals surface area contributed by atoms with E-state index in [1.807, 2.05) is 24.3 Å². The molecule has 0 bridgehead atoms. The number of anilines is 3. The van der Waals surface area contributed by atoms with E-state index >= 15 is 0 Å². The molecule has 5 nitrogen and oxygen atoms in total. The lowest BCUT2D eigenvalue weighted by atomic mass is 10.1. The van der Waals surface area contributed by atoms with Crippen LogP contribution in [0.3, 0.4) is 0 Å². The molecule has 8 heteroatoms. The maximum absolute atomic E-state index is 12.7. The molecule has 2 aromatic carbocycles. The number of rotatable bonds is 4. The molecular formula is C22H15F3N4O. The van der Waals surface area contributed by atoms with E-state index in [-0.39, 0.29) is 11.3 Å². The zero-order chi connectivity index (χ0) is 21.1. The van der Waals surface area contributed by atoms with Crippen LogP contribution in [-0.2, 0) is 6.18 Å². The quantitative estimate of drug-likeness (QED) is 0.458. The van der Waals surface area contributed by atoms with Crippen LogP contribution in [0.15, 0.2) is 79.3 Å². The van der Waals surface area contributed by atoms with Crippen molar-refractivity contribution in [1.29, 1.82) is 0 Å². The number of hydrogen-bond acceptors (Lipinski definition) is 4. The average Bonchev–Trinajstić information content (AvgIpc) is 2.74. The van der Waals surface area contributed by atoms with Crippen molar-refractivity contribution in [2.75, 3.05) is 10.6 Å². The van der Waals surface area contributed by atoms with Crippen LogP contribution >= 0.6 is 0 Å². The lowest BCUT2D eigenvalue weighted by Gasteiger charge is -2.12. The number of fused-ring (bicyclic) bond motifs is 1. The molecule has 150 valence electrons. The lowest BCUT2D eigenvalue weighted by Crippen LogP contribution is -2.15. The number of carbonyl (C=O) groups excluding carboxylic acids is 1. The number of alkyl halides is 3. The van der Waals surface area contributed by atoms with E-state index in [2.05, 4.69) is 20.6 Å². The second-order valence-corrected chi connectivity index (χ2v) is 6.49. The summed E-state index contributed by atoms with van der Waals surface area (Å²) in [7, 11) is 0. The monoisotopic (exact) mass is 408 g/mol. The number of benzene rings is 2. The summed E-state index contributed by atoms with van der Waals surface area (Å²) in [5.74, 6) is -0.169. The van der Waals surface area contributed by atoms with Gasteiger partial charge in [0.1, 0.15) is 5.82 Å². The first-order valence-corrected chi connectivity index (χ1v) is 8.94. The topological polar surface area (TPSA) is 66.9 Å². The second-order valence-electron chi connectivity index (χ2n) is 6.49. The minimum absolute atomic E-state index is 0.250. The minimum atomic E-state index is -4.43. The van der Waals surface area contributed by atoms with Gasteiger partial charge in [-0.25, -0.2) is 4.98 Å². The zero-order valence-corrected chi connectivity index (χ0v) is 15.4. The zero-order valence-electron chi connectivity index (χ0n) is 15.4. The van der Waals surface area contributed by atoms with E-state index in [4.69, 9.17) is 0 Å². The SMILES string of the molecule is O=C(Nc1ccc(C(F)(F)F)cc1)c1cccnc1Nc1ccc2ccncc2c1. The number of halogens is 3. The van der Waals surface area contributed by atoms with Gasteiger partial charge in [0, 0.05) is 35.4 Å². The third kappa shape index (κ3) is 4.22. The van der Waals surface area contributed by atoms with Gasteiger partial charge < -0.3 is 10.6 Å². The van der Waals surface area contributed by atoms with Crippen LogP contribution in [0.4, 0.5) is 30.4 Å². The van der Waals surface area contributed by atoms with Gasteiger partial charge in [0.25, 0.3) is 5.91 Å². The predicted molar refractivity (Wildman–Crippen MR) is 109 cm³/mol. The molecule has 0 unspecified atom stereocenters. The number of carbonyl (C=O) groups is 1. The van der Waals surface area contributed by atoms with Crippen molar-refractivity contribution < 1.29 is 18.0 Å².